The van der Waals surface area contributed by atoms with E-state index in [2.05, 4.69) is 17.2 Å². The number of benzene rings is 1. The van der Waals surface area contributed by atoms with Gasteiger partial charge in [0.15, 0.2) is 5.75 Å². The molecule has 0 aliphatic rings. The second-order valence-corrected chi connectivity index (χ2v) is 3.81. The summed E-state index contributed by atoms with van der Waals surface area (Å²) < 4.78 is 7.27. The molecule has 4 heteroatoms. The fourth-order valence-corrected chi connectivity index (χ4v) is 1.61. The lowest BCUT2D eigenvalue weighted by Gasteiger charge is -2.02. The van der Waals surface area contributed by atoms with Gasteiger partial charge in [-0.05, 0) is 12.0 Å². The molecule has 0 aliphatic heterocycles. The zero-order valence-corrected chi connectivity index (χ0v) is 9.75. The fraction of sp³-hybridized carbons (Fsp3) is 0.308. The molecule has 1 aromatic carbocycles. The summed E-state index contributed by atoms with van der Waals surface area (Å²) in [6.45, 7) is 1.91. The van der Waals surface area contributed by atoms with Gasteiger partial charge in [-0.2, -0.15) is 5.10 Å². The van der Waals surface area contributed by atoms with E-state index in [1.54, 1.807) is 6.20 Å². The van der Waals surface area contributed by atoms with Crippen LogP contribution in [0.4, 0.5) is 0 Å². The molecule has 1 heterocycles. The van der Waals surface area contributed by atoms with Crippen LogP contribution in [0.3, 0.4) is 0 Å². The average Bonchev–Trinajstić information content (AvgIpc) is 2.83. The smallest absolute Gasteiger partial charge is 0.157 e. The first-order chi connectivity index (χ1) is 8.38. The van der Waals surface area contributed by atoms with Crippen LogP contribution < -0.4 is 10.5 Å². The number of nitrogens with two attached hydrogens (primary N) is 1. The summed E-state index contributed by atoms with van der Waals surface area (Å²) in [5, 5.41) is 4.24. The van der Waals surface area contributed by atoms with Crippen LogP contribution in [0, 0.1) is 0 Å². The van der Waals surface area contributed by atoms with Gasteiger partial charge in [0, 0.05) is 13.1 Å². The van der Waals surface area contributed by atoms with E-state index in [1.165, 1.54) is 5.56 Å². The topological polar surface area (TPSA) is 53.1 Å². The second kappa shape index (κ2) is 6.06. The Kier molecular flexibility index (Phi) is 4.16. The monoisotopic (exact) mass is 231 g/mol. The van der Waals surface area contributed by atoms with Gasteiger partial charge in [0.05, 0.1) is 12.4 Å². The zero-order valence-electron chi connectivity index (χ0n) is 9.75. The number of nitrogens with zero attached hydrogens (tertiary/aromatic N) is 2. The summed E-state index contributed by atoms with van der Waals surface area (Å²) in [7, 11) is 0. The molecule has 0 radical (unpaired) electrons. The molecule has 0 saturated carbocycles. The third-order valence-electron chi connectivity index (χ3n) is 2.47. The van der Waals surface area contributed by atoms with Crippen LogP contribution in [0.2, 0.25) is 0 Å². The molecule has 0 atom stereocenters. The molecule has 0 fully saturated rings. The SMILES string of the molecule is NCCOc1cnn(CCc2ccccc2)c1. The van der Waals surface area contributed by atoms with Crippen molar-refractivity contribution >= 4 is 0 Å². The summed E-state index contributed by atoms with van der Waals surface area (Å²) in [5.74, 6) is 0.781. The highest BCUT2D eigenvalue weighted by molar-refractivity contribution is 5.15. The van der Waals surface area contributed by atoms with Crippen LogP contribution in [0.5, 0.6) is 5.75 Å². The molecule has 0 amide bonds. The molecule has 2 N–H and O–H groups in total. The van der Waals surface area contributed by atoms with Gasteiger partial charge in [-0.25, -0.2) is 0 Å². The van der Waals surface area contributed by atoms with Gasteiger partial charge in [-0.15, -0.1) is 0 Å². The van der Waals surface area contributed by atoms with E-state index in [-0.39, 0.29) is 0 Å². The predicted molar refractivity (Wildman–Crippen MR) is 66.9 cm³/mol. The van der Waals surface area contributed by atoms with Crippen LogP contribution in [0.1, 0.15) is 5.56 Å². The van der Waals surface area contributed by atoms with Crippen molar-refractivity contribution in [3.8, 4) is 5.75 Å². The molecule has 1 aromatic heterocycles. The Labute approximate surface area is 101 Å². The van der Waals surface area contributed by atoms with Crippen molar-refractivity contribution in [3.63, 3.8) is 0 Å². The van der Waals surface area contributed by atoms with E-state index < -0.39 is 0 Å². The van der Waals surface area contributed by atoms with E-state index in [9.17, 15) is 0 Å². The van der Waals surface area contributed by atoms with Crippen molar-refractivity contribution in [1.29, 1.82) is 0 Å². The average molecular weight is 231 g/mol. The number of aromatic nitrogens is 2. The molecule has 0 saturated heterocycles. The number of hydrogen-bond acceptors (Lipinski definition) is 3. The third kappa shape index (κ3) is 3.60. The van der Waals surface area contributed by atoms with Gasteiger partial charge in [-0.3, -0.25) is 4.68 Å². The lowest BCUT2D eigenvalue weighted by molar-refractivity contribution is 0.328. The van der Waals surface area contributed by atoms with E-state index in [0.29, 0.717) is 13.2 Å². The minimum atomic E-state index is 0.523. The highest BCUT2D eigenvalue weighted by Gasteiger charge is 1.99. The van der Waals surface area contributed by atoms with Crippen molar-refractivity contribution in [2.75, 3.05) is 13.2 Å². The summed E-state index contributed by atoms with van der Waals surface area (Å²) in [5.41, 5.74) is 6.68. The second-order valence-electron chi connectivity index (χ2n) is 3.81. The van der Waals surface area contributed by atoms with Crippen molar-refractivity contribution < 1.29 is 4.74 Å². The molecule has 0 aliphatic carbocycles. The molecule has 0 spiro atoms. The van der Waals surface area contributed by atoms with E-state index >= 15 is 0 Å². The first-order valence-corrected chi connectivity index (χ1v) is 5.78. The van der Waals surface area contributed by atoms with Crippen molar-refractivity contribution in [2.45, 2.75) is 13.0 Å². The fourth-order valence-electron chi connectivity index (χ4n) is 1.61. The molecule has 2 rings (SSSR count). The van der Waals surface area contributed by atoms with Crippen LogP contribution in [0.25, 0.3) is 0 Å². The van der Waals surface area contributed by atoms with Crippen LogP contribution >= 0.6 is 0 Å². The molecule has 17 heavy (non-hydrogen) atoms. The molecule has 90 valence electrons. The molecule has 0 unspecified atom stereocenters. The highest BCUT2D eigenvalue weighted by atomic mass is 16.5. The summed E-state index contributed by atoms with van der Waals surface area (Å²) in [6, 6.07) is 10.4. The van der Waals surface area contributed by atoms with Crippen molar-refractivity contribution in [3.05, 3.63) is 48.3 Å². The van der Waals surface area contributed by atoms with Gasteiger partial charge in [-0.1, -0.05) is 30.3 Å². The third-order valence-corrected chi connectivity index (χ3v) is 2.47. The lowest BCUT2D eigenvalue weighted by atomic mass is 10.1. The van der Waals surface area contributed by atoms with Crippen molar-refractivity contribution in [1.82, 2.24) is 9.78 Å². The Bertz CT molecular complexity index is 439. The Morgan fingerprint density at radius 3 is 2.82 bits per heavy atom. The largest absolute Gasteiger partial charge is 0.489 e. The Balaban J connectivity index is 1.85. The minimum absolute atomic E-state index is 0.523. The molecule has 0 bridgehead atoms. The van der Waals surface area contributed by atoms with Gasteiger partial charge in [0.1, 0.15) is 6.61 Å². The Morgan fingerprint density at radius 1 is 1.24 bits per heavy atom. The minimum Gasteiger partial charge on any atom is -0.489 e. The van der Waals surface area contributed by atoms with Crippen LogP contribution in [-0.4, -0.2) is 22.9 Å². The molecule has 4 nitrogen and oxygen atoms in total. The van der Waals surface area contributed by atoms with Crippen LogP contribution in [-0.2, 0) is 13.0 Å². The van der Waals surface area contributed by atoms with Gasteiger partial charge >= 0.3 is 0 Å². The summed E-state index contributed by atoms with van der Waals surface area (Å²) >= 11 is 0. The Hall–Kier alpha value is -1.81. The van der Waals surface area contributed by atoms with Crippen LogP contribution in [0.15, 0.2) is 42.7 Å². The van der Waals surface area contributed by atoms with E-state index in [1.807, 2.05) is 29.1 Å². The maximum absolute atomic E-state index is 5.38. The lowest BCUT2D eigenvalue weighted by Crippen LogP contribution is -2.10. The maximum Gasteiger partial charge on any atom is 0.157 e. The normalized spacial score (nSPS) is 10.4. The zero-order chi connectivity index (χ0) is 11.9. The summed E-state index contributed by atoms with van der Waals surface area (Å²) in [6.07, 6.45) is 4.60. The standard InChI is InChI=1S/C13H17N3O/c14-7-9-17-13-10-15-16(11-13)8-6-12-4-2-1-3-5-12/h1-5,10-11H,6-9,14H2. The number of aryl methyl sites for hydroxylation is 2. The summed E-state index contributed by atoms with van der Waals surface area (Å²) in [4.78, 5) is 0. The number of hydrogen-bond donors (Lipinski definition) is 1. The van der Waals surface area contributed by atoms with Gasteiger partial charge in [0.2, 0.25) is 0 Å². The van der Waals surface area contributed by atoms with Crippen molar-refractivity contribution in [2.24, 2.45) is 5.73 Å². The molecule has 2 aromatic rings. The van der Waals surface area contributed by atoms with E-state index in [0.717, 1.165) is 18.7 Å². The molecular weight excluding hydrogens is 214 g/mol. The Morgan fingerprint density at radius 2 is 2.06 bits per heavy atom. The maximum atomic E-state index is 5.38. The van der Waals surface area contributed by atoms with Gasteiger partial charge in [0.25, 0.3) is 0 Å². The highest BCUT2D eigenvalue weighted by Crippen LogP contribution is 2.09. The predicted octanol–water partition coefficient (Wildman–Crippen LogP) is 1.46. The number of ether oxygens (including phenoxy) is 1. The quantitative estimate of drug-likeness (QED) is 0.819. The first-order valence-electron chi connectivity index (χ1n) is 5.78. The first kappa shape index (κ1) is 11.7. The molecular formula is C13H17N3O. The van der Waals surface area contributed by atoms with E-state index in [4.69, 9.17) is 10.5 Å². The van der Waals surface area contributed by atoms with Gasteiger partial charge < -0.3 is 10.5 Å². The number of rotatable bonds is 6.